The van der Waals surface area contributed by atoms with Crippen molar-refractivity contribution in [3.8, 4) is 6.07 Å². The Morgan fingerprint density at radius 3 is 2.64 bits per heavy atom. The van der Waals surface area contributed by atoms with E-state index in [4.69, 9.17) is 5.26 Å². The highest BCUT2D eigenvalue weighted by Gasteiger charge is 2.34. The smallest absolute Gasteiger partial charge is 0.329 e. The number of aromatic nitrogens is 1. The van der Waals surface area contributed by atoms with Gasteiger partial charge in [-0.1, -0.05) is 36.4 Å². The Kier molecular flexibility index (Phi) is 4.38. The number of nitrogens with one attached hydrogen (secondary N) is 1. The van der Waals surface area contributed by atoms with Gasteiger partial charge in [0.05, 0.1) is 12.6 Å². The van der Waals surface area contributed by atoms with Gasteiger partial charge in [-0.2, -0.15) is 5.26 Å². The van der Waals surface area contributed by atoms with Crippen LogP contribution in [-0.2, 0) is 17.9 Å². The maximum absolute atomic E-state index is 13.9. The third-order valence-corrected chi connectivity index (χ3v) is 4.61. The summed E-state index contributed by atoms with van der Waals surface area (Å²) in [6.07, 6.45) is 3.34. The fraction of sp³-hybridized carbons (Fsp3) is 0.0952. The third-order valence-electron chi connectivity index (χ3n) is 4.61. The summed E-state index contributed by atoms with van der Waals surface area (Å²) < 4.78 is 15.7. The van der Waals surface area contributed by atoms with Crippen molar-refractivity contribution in [2.24, 2.45) is 0 Å². The zero-order valence-corrected chi connectivity index (χ0v) is 14.7. The number of imide groups is 1. The van der Waals surface area contributed by atoms with Crippen molar-refractivity contribution < 1.29 is 14.0 Å². The van der Waals surface area contributed by atoms with Gasteiger partial charge in [0.25, 0.3) is 5.91 Å². The molecule has 1 aromatic heterocycles. The molecule has 0 atom stereocenters. The number of benzene rings is 2. The number of hydrogen-bond acceptors (Lipinski definition) is 3. The van der Waals surface area contributed by atoms with Crippen LogP contribution < -0.4 is 5.32 Å². The summed E-state index contributed by atoms with van der Waals surface area (Å²) in [6, 6.07) is 15.0. The van der Waals surface area contributed by atoms with Crippen molar-refractivity contribution in [3.05, 3.63) is 77.4 Å². The Morgan fingerprint density at radius 1 is 1.11 bits per heavy atom. The predicted octanol–water partition coefficient (Wildman–Crippen LogP) is 3.40. The average Bonchev–Trinajstić information content (AvgIpc) is 3.16. The molecule has 0 aliphatic carbocycles. The molecule has 1 aliphatic heterocycles. The van der Waals surface area contributed by atoms with Gasteiger partial charge >= 0.3 is 6.03 Å². The maximum Gasteiger partial charge on any atom is 0.329 e. The van der Waals surface area contributed by atoms with Crippen molar-refractivity contribution in [1.29, 1.82) is 5.26 Å². The van der Waals surface area contributed by atoms with Crippen LogP contribution in [0.4, 0.5) is 9.18 Å². The number of nitriles is 1. The first-order valence-corrected chi connectivity index (χ1v) is 8.61. The molecule has 138 valence electrons. The van der Waals surface area contributed by atoms with Crippen LogP contribution in [0.1, 0.15) is 11.1 Å². The summed E-state index contributed by atoms with van der Waals surface area (Å²) in [5, 5.41) is 12.4. The fourth-order valence-corrected chi connectivity index (χ4v) is 3.26. The number of rotatable bonds is 4. The molecule has 0 unspecified atom stereocenters. The Bertz CT molecular complexity index is 1170. The van der Waals surface area contributed by atoms with E-state index in [1.165, 1.54) is 12.1 Å². The standard InChI is InChI=1S/C21H15FN4O2/c22-17-7-3-1-5-14(17)13-26-20(27)18(24-21(26)28)11-15-12-25(10-9-23)19-8-4-2-6-16(15)19/h1-8,11-12H,10,13H2,(H,24,28)/b18-11+. The first-order chi connectivity index (χ1) is 13.6. The minimum Gasteiger partial charge on any atom is -0.333 e. The minimum absolute atomic E-state index is 0.112. The van der Waals surface area contributed by atoms with Gasteiger partial charge in [0.1, 0.15) is 18.1 Å². The molecule has 4 rings (SSSR count). The van der Waals surface area contributed by atoms with E-state index in [1.54, 1.807) is 29.0 Å². The zero-order chi connectivity index (χ0) is 19.7. The normalized spacial score (nSPS) is 15.3. The third kappa shape index (κ3) is 3.01. The van der Waals surface area contributed by atoms with Crippen LogP contribution in [0.5, 0.6) is 0 Å². The summed E-state index contributed by atoms with van der Waals surface area (Å²) in [4.78, 5) is 25.9. The molecule has 1 aliphatic rings. The van der Waals surface area contributed by atoms with E-state index < -0.39 is 17.8 Å². The van der Waals surface area contributed by atoms with Gasteiger partial charge in [0.2, 0.25) is 0 Å². The molecule has 0 saturated carbocycles. The number of hydrogen-bond donors (Lipinski definition) is 1. The average molecular weight is 374 g/mol. The number of urea groups is 1. The lowest BCUT2D eigenvalue weighted by atomic mass is 10.1. The van der Waals surface area contributed by atoms with Crippen LogP contribution in [0.2, 0.25) is 0 Å². The number of para-hydroxylation sites is 1. The molecule has 1 saturated heterocycles. The molecule has 0 radical (unpaired) electrons. The maximum atomic E-state index is 13.9. The Morgan fingerprint density at radius 2 is 1.86 bits per heavy atom. The Hall–Kier alpha value is -3.92. The molecule has 6 nitrogen and oxygen atoms in total. The lowest BCUT2D eigenvalue weighted by Gasteiger charge is -2.12. The molecule has 28 heavy (non-hydrogen) atoms. The van der Waals surface area contributed by atoms with Gasteiger partial charge in [-0.25, -0.2) is 9.18 Å². The Balaban J connectivity index is 1.67. The molecule has 7 heteroatoms. The molecular formula is C21H15FN4O2. The van der Waals surface area contributed by atoms with Crippen molar-refractivity contribution in [2.75, 3.05) is 0 Å². The number of nitrogens with zero attached hydrogens (tertiary/aromatic N) is 3. The molecule has 3 amide bonds. The van der Waals surface area contributed by atoms with Gasteiger partial charge < -0.3 is 9.88 Å². The van der Waals surface area contributed by atoms with Crippen molar-refractivity contribution in [1.82, 2.24) is 14.8 Å². The van der Waals surface area contributed by atoms with E-state index >= 15 is 0 Å². The summed E-state index contributed by atoms with van der Waals surface area (Å²) in [6.45, 7) is 0.0221. The largest absolute Gasteiger partial charge is 0.333 e. The van der Waals surface area contributed by atoms with Crippen molar-refractivity contribution in [2.45, 2.75) is 13.1 Å². The monoisotopic (exact) mass is 374 g/mol. The summed E-state index contributed by atoms with van der Waals surface area (Å²) in [7, 11) is 0. The van der Waals surface area contributed by atoms with Crippen LogP contribution in [0.15, 0.2) is 60.4 Å². The summed E-state index contributed by atoms with van der Waals surface area (Å²) in [5.74, 6) is -0.995. The lowest BCUT2D eigenvalue weighted by Crippen LogP contribution is -2.30. The second-order valence-corrected chi connectivity index (χ2v) is 6.36. The molecule has 0 spiro atoms. The number of amides is 3. The van der Waals surface area contributed by atoms with Gasteiger partial charge in [-0.3, -0.25) is 9.69 Å². The fourth-order valence-electron chi connectivity index (χ4n) is 3.26. The Labute approximate surface area is 160 Å². The van der Waals surface area contributed by atoms with Crippen LogP contribution >= 0.6 is 0 Å². The van der Waals surface area contributed by atoms with Crippen molar-refractivity contribution in [3.63, 3.8) is 0 Å². The summed E-state index contributed by atoms with van der Waals surface area (Å²) in [5.41, 5.74) is 1.94. The quantitative estimate of drug-likeness (QED) is 0.562. The first-order valence-electron chi connectivity index (χ1n) is 8.61. The van der Waals surface area contributed by atoms with Crippen molar-refractivity contribution >= 4 is 28.9 Å². The minimum atomic E-state index is -0.597. The second kappa shape index (κ2) is 7.00. The van der Waals surface area contributed by atoms with E-state index in [0.717, 1.165) is 15.8 Å². The van der Waals surface area contributed by atoms with Gasteiger partial charge in [-0.15, -0.1) is 0 Å². The molecule has 2 aromatic carbocycles. The molecule has 1 N–H and O–H groups in total. The van der Waals surface area contributed by atoms with E-state index in [-0.39, 0.29) is 24.4 Å². The molecule has 2 heterocycles. The van der Waals surface area contributed by atoms with Gasteiger partial charge in [0.15, 0.2) is 0 Å². The highest BCUT2D eigenvalue weighted by molar-refractivity contribution is 6.14. The first kappa shape index (κ1) is 17.5. The number of carbonyl (C=O) groups is 2. The van der Waals surface area contributed by atoms with Crippen LogP contribution in [-0.4, -0.2) is 21.4 Å². The molecule has 3 aromatic rings. The zero-order valence-electron chi connectivity index (χ0n) is 14.7. The van der Waals surface area contributed by atoms with E-state index in [9.17, 15) is 14.0 Å². The lowest BCUT2D eigenvalue weighted by molar-refractivity contribution is -0.123. The highest BCUT2D eigenvalue weighted by atomic mass is 19.1. The highest BCUT2D eigenvalue weighted by Crippen LogP contribution is 2.25. The van der Waals surface area contributed by atoms with Crippen LogP contribution in [0.25, 0.3) is 17.0 Å². The SMILES string of the molecule is N#CCn1cc(/C=C2/NC(=O)N(Cc3ccccc3F)C2=O)c2ccccc21. The van der Waals surface area contributed by atoms with E-state index in [1.807, 2.05) is 24.3 Å². The van der Waals surface area contributed by atoms with E-state index in [0.29, 0.717) is 5.56 Å². The predicted molar refractivity (Wildman–Crippen MR) is 101 cm³/mol. The van der Waals surface area contributed by atoms with Crippen LogP contribution in [0.3, 0.4) is 0 Å². The van der Waals surface area contributed by atoms with Crippen LogP contribution in [0, 0.1) is 17.1 Å². The molecular weight excluding hydrogens is 359 g/mol. The number of fused-ring (bicyclic) bond motifs is 1. The molecule has 1 fully saturated rings. The van der Waals surface area contributed by atoms with Gasteiger partial charge in [-0.05, 0) is 18.2 Å². The topological polar surface area (TPSA) is 78.1 Å². The van der Waals surface area contributed by atoms with Gasteiger partial charge in [0, 0.05) is 28.2 Å². The van der Waals surface area contributed by atoms with E-state index in [2.05, 4.69) is 11.4 Å². The second-order valence-electron chi connectivity index (χ2n) is 6.36. The number of halogens is 1. The molecule has 0 bridgehead atoms. The number of carbonyl (C=O) groups excluding carboxylic acids is 2. The summed E-state index contributed by atoms with van der Waals surface area (Å²) >= 11 is 0.